The summed E-state index contributed by atoms with van der Waals surface area (Å²) in [5.41, 5.74) is 3.03. The molecular weight excluding hydrogens is 509 g/mol. The van der Waals surface area contributed by atoms with E-state index >= 15 is 0 Å². The van der Waals surface area contributed by atoms with E-state index in [-0.39, 0.29) is 18.3 Å². The molecule has 1 aliphatic rings. The smallest absolute Gasteiger partial charge is 0.242 e. The standard InChI is InChI=1S/C28H27ClFN5OS/c29-24-8-4-5-9-25(24)33-14-16-34(17-15-33)27(36)20-35(19-22-6-2-1-3-7-22)28-31-26(32-37-28)18-21-10-12-23(30)13-11-21/h1-13H,14-20H2. The number of benzene rings is 3. The fraction of sp³-hybridized carbons (Fsp3) is 0.250. The first-order valence-corrected chi connectivity index (χ1v) is 13.3. The number of nitrogens with zero attached hydrogens (tertiary/aromatic N) is 5. The van der Waals surface area contributed by atoms with Gasteiger partial charge in [0.1, 0.15) is 11.6 Å². The molecule has 1 aromatic heterocycles. The largest absolute Gasteiger partial charge is 0.367 e. The van der Waals surface area contributed by atoms with E-state index in [4.69, 9.17) is 16.6 Å². The van der Waals surface area contributed by atoms with E-state index in [1.807, 2.05) is 64.4 Å². The summed E-state index contributed by atoms with van der Waals surface area (Å²) in [5.74, 6) is 0.450. The molecule has 2 heterocycles. The number of hydrogen-bond donors (Lipinski definition) is 0. The Labute approximate surface area is 225 Å². The van der Waals surface area contributed by atoms with E-state index in [0.717, 1.165) is 34.9 Å². The Hall–Kier alpha value is -3.49. The molecule has 3 aromatic carbocycles. The van der Waals surface area contributed by atoms with Crippen molar-refractivity contribution < 1.29 is 9.18 Å². The Morgan fingerprint density at radius 1 is 0.919 bits per heavy atom. The van der Waals surface area contributed by atoms with Crippen LogP contribution in [0.15, 0.2) is 78.9 Å². The maximum Gasteiger partial charge on any atom is 0.242 e. The summed E-state index contributed by atoms with van der Waals surface area (Å²) >= 11 is 7.66. The number of amides is 1. The molecule has 5 rings (SSSR count). The quantitative estimate of drug-likeness (QED) is 0.307. The fourth-order valence-electron chi connectivity index (χ4n) is 4.39. The van der Waals surface area contributed by atoms with Gasteiger partial charge >= 0.3 is 0 Å². The number of hydrogen-bond acceptors (Lipinski definition) is 6. The van der Waals surface area contributed by atoms with Crippen LogP contribution in [0.1, 0.15) is 17.0 Å². The van der Waals surface area contributed by atoms with Gasteiger partial charge in [-0.15, -0.1) is 0 Å². The predicted molar refractivity (Wildman–Crippen MR) is 147 cm³/mol. The molecule has 37 heavy (non-hydrogen) atoms. The van der Waals surface area contributed by atoms with Crippen molar-refractivity contribution in [1.82, 2.24) is 14.3 Å². The van der Waals surface area contributed by atoms with Crippen molar-refractivity contribution >= 4 is 39.9 Å². The van der Waals surface area contributed by atoms with Crippen molar-refractivity contribution in [1.29, 1.82) is 0 Å². The Morgan fingerprint density at radius 2 is 1.62 bits per heavy atom. The number of anilines is 2. The van der Waals surface area contributed by atoms with Crippen molar-refractivity contribution in [3.63, 3.8) is 0 Å². The van der Waals surface area contributed by atoms with E-state index in [0.29, 0.717) is 37.0 Å². The fourth-order valence-corrected chi connectivity index (χ4v) is 5.33. The highest BCUT2D eigenvalue weighted by atomic mass is 35.5. The van der Waals surface area contributed by atoms with Crippen LogP contribution in [0, 0.1) is 5.82 Å². The monoisotopic (exact) mass is 535 g/mol. The van der Waals surface area contributed by atoms with E-state index in [1.165, 1.54) is 23.7 Å². The summed E-state index contributed by atoms with van der Waals surface area (Å²) < 4.78 is 17.8. The van der Waals surface area contributed by atoms with Crippen LogP contribution in [0.3, 0.4) is 0 Å². The summed E-state index contributed by atoms with van der Waals surface area (Å²) in [6, 6.07) is 24.2. The van der Waals surface area contributed by atoms with Crippen LogP contribution in [0.4, 0.5) is 15.2 Å². The average Bonchev–Trinajstić information content (AvgIpc) is 3.39. The molecule has 0 radical (unpaired) electrons. The molecule has 0 N–H and O–H groups in total. The van der Waals surface area contributed by atoms with Crippen LogP contribution in [0.5, 0.6) is 0 Å². The van der Waals surface area contributed by atoms with E-state index in [2.05, 4.69) is 9.27 Å². The van der Waals surface area contributed by atoms with Crippen molar-refractivity contribution in [3.8, 4) is 0 Å². The third-order valence-electron chi connectivity index (χ3n) is 6.37. The first-order valence-electron chi connectivity index (χ1n) is 12.2. The molecule has 4 aromatic rings. The van der Waals surface area contributed by atoms with Gasteiger partial charge < -0.3 is 14.7 Å². The lowest BCUT2D eigenvalue weighted by Crippen LogP contribution is -2.51. The van der Waals surface area contributed by atoms with Crippen LogP contribution in [-0.2, 0) is 17.8 Å². The van der Waals surface area contributed by atoms with Gasteiger partial charge in [0.15, 0.2) is 0 Å². The van der Waals surface area contributed by atoms with Gasteiger partial charge in [-0.3, -0.25) is 4.79 Å². The van der Waals surface area contributed by atoms with E-state index in [1.54, 1.807) is 12.1 Å². The van der Waals surface area contributed by atoms with E-state index in [9.17, 15) is 9.18 Å². The summed E-state index contributed by atoms with van der Waals surface area (Å²) in [5, 5.41) is 1.42. The van der Waals surface area contributed by atoms with Gasteiger partial charge in [-0.1, -0.05) is 66.2 Å². The van der Waals surface area contributed by atoms with Crippen LogP contribution >= 0.6 is 23.1 Å². The van der Waals surface area contributed by atoms with Crippen molar-refractivity contribution in [3.05, 3.63) is 107 Å². The predicted octanol–water partition coefficient (Wildman–Crippen LogP) is 5.28. The summed E-state index contributed by atoms with van der Waals surface area (Å²) in [4.78, 5) is 24.2. The third kappa shape index (κ3) is 6.45. The number of para-hydroxylation sites is 1. The molecule has 6 nitrogen and oxygen atoms in total. The number of piperazine rings is 1. The lowest BCUT2D eigenvalue weighted by atomic mass is 10.1. The van der Waals surface area contributed by atoms with Crippen molar-refractivity contribution in [2.45, 2.75) is 13.0 Å². The Morgan fingerprint density at radius 3 is 2.35 bits per heavy atom. The van der Waals surface area contributed by atoms with Gasteiger partial charge in [0.05, 0.1) is 17.3 Å². The van der Waals surface area contributed by atoms with Gasteiger partial charge in [-0.2, -0.15) is 4.37 Å². The molecule has 1 saturated heterocycles. The van der Waals surface area contributed by atoms with Gasteiger partial charge in [-0.25, -0.2) is 9.37 Å². The highest BCUT2D eigenvalue weighted by Gasteiger charge is 2.25. The number of carbonyl (C=O) groups excluding carboxylic acids is 1. The van der Waals surface area contributed by atoms with Gasteiger partial charge in [0.25, 0.3) is 0 Å². The Bertz CT molecular complexity index is 1330. The zero-order valence-electron chi connectivity index (χ0n) is 20.3. The molecular formula is C28H27ClFN5OS. The highest BCUT2D eigenvalue weighted by Crippen LogP contribution is 2.26. The van der Waals surface area contributed by atoms with Crippen LogP contribution in [0.25, 0.3) is 0 Å². The molecule has 1 aliphatic heterocycles. The summed E-state index contributed by atoms with van der Waals surface area (Å²) in [7, 11) is 0. The second kappa shape index (κ2) is 11.7. The molecule has 190 valence electrons. The van der Waals surface area contributed by atoms with Crippen molar-refractivity contribution in [2.75, 3.05) is 42.5 Å². The molecule has 0 unspecified atom stereocenters. The second-order valence-electron chi connectivity index (χ2n) is 8.96. The minimum absolute atomic E-state index is 0.0602. The minimum atomic E-state index is -0.268. The molecule has 0 spiro atoms. The third-order valence-corrected chi connectivity index (χ3v) is 7.51. The van der Waals surface area contributed by atoms with Crippen LogP contribution in [-0.4, -0.2) is 52.9 Å². The molecule has 0 saturated carbocycles. The zero-order chi connectivity index (χ0) is 25.6. The highest BCUT2D eigenvalue weighted by molar-refractivity contribution is 7.09. The first-order chi connectivity index (χ1) is 18.0. The normalized spacial score (nSPS) is 13.6. The summed E-state index contributed by atoms with van der Waals surface area (Å²) in [6.07, 6.45) is 0.508. The van der Waals surface area contributed by atoms with Gasteiger partial charge in [0.2, 0.25) is 11.0 Å². The average molecular weight is 536 g/mol. The van der Waals surface area contributed by atoms with Gasteiger partial charge in [-0.05, 0) is 35.4 Å². The molecule has 0 aliphatic carbocycles. The topological polar surface area (TPSA) is 52.6 Å². The number of rotatable bonds is 8. The lowest BCUT2D eigenvalue weighted by Gasteiger charge is -2.37. The first kappa shape index (κ1) is 25.2. The van der Waals surface area contributed by atoms with E-state index < -0.39 is 0 Å². The van der Waals surface area contributed by atoms with Gasteiger partial charge in [0, 0.05) is 50.7 Å². The number of carbonyl (C=O) groups is 1. The van der Waals surface area contributed by atoms with Crippen LogP contribution < -0.4 is 9.80 Å². The SMILES string of the molecule is O=C(CN(Cc1ccccc1)c1nc(Cc2ccc(F)cc2)ns1)N1CCN(c2ccccc2Cl)CC1. The second-order valence-corrected chi connectivity index (χ2v) is 10.1. The zero-order valence-corrected chi connectivity index (χ0v) is 21.8. The molecule has 0 atom stereocenters. The number of halogens is 2. The molecule has 9 heteroatoms. The molecule has 1 amide bonds. The Balaban J connectivity index is 1.27. The van der Waals surface area contributed by atoms with Crippen LogP contribution in [0.2, 0.25) is 5.02 Å². The molecule has 1 fully saturated rings. The maximum absolute atomic E-state index is 13.4. The summed E-state index contributed by atoms with van der Waals surface area (Å²) in [6.45, 7) is 3.50. The molecule has 0 bridgehead atoms. The minimum Gasteiger partial charge on any atom is -0.367 e. The lowest BCUT2D eigenvalue weighted by molar-refractivity contribution is -0.130. The Kier molecular flexibility index (Phi) is 7.96. The maximum atomic E-state index is 13.4. The number of aromatic nitrogens is 2. The van der Waals surface area contributed by atoms with Crippen molar-refractivity contribution in [2.24, 2.45) is 0 Å².